The summed E-state index contributed by atoms with van der Waals surface area (Å²) >= 11 is 0. The van der Waals surface area contributed by atoms with Crippen molar-refractivity contribution >= 4 is 10.9 Å². The van der Waals surface area contributed by atoms with Gasteiger partial charge in [-0.1, -0.05) is 26.0 Å². The Balaban J connectivity index is 1.84. The highest BCUT2D eigenvalue weighted by atomic mass is 15.0. The largest absolute Gasteiger partial charge is 0.361 e. The molecule has 1 heterocycles. The third kappa shape index (κ3) is 3.32. The van der Waals surface area contributed by atoms with Crippen LogP contribution in [0.2, 0.25) is 0 Å². The molecule has 1 aromatic carbocycles. The van der Waals surface area contributed by atoms with Crippen molar-refractivity contribution in [3.8, 4) is 0 Å². The maximum absolute atomic E-state index is 3.46. The smallest absolute Gasteiger partial charge is 0.0457 e. The third-order valence-corrected chi connectivity index (χ3v) is 2.86. The van der Waals surface area contributed by atoms with Crippen LogP contribution in [0.4, 0.5) is 0 Å². The highest BCUT2D eigenvalue weighted by molar-refractivity contribution is 5.82. The Hall–Kier alpha value is -1.32. The minimum atomic E-state index is 0.560. The highest BCUT2D eigenvalue weighted by Gasteiger charge is 2.00. The maximum atomic E-state index is 3.46. The number of fused-ring (bicyclic) bond motifs is 1. The molecule has 0 atom stereocenters. The van der Waals surface area contributed by atoms with Crippen molar-refractivity contribution in [3.63, 3.8) is 0 Å². The van der Waals surface area contributed by atoms with Gasteiger partial charge in [0.2, 0.25) is 0 Å². The zero-order valence-electron chi connectivity index (χ0n) is 10.6. The highest BCUT2D eigenvalue weighted by Crippen LogP contribution is 2.16. The molecule has 1 aromatic heterocycles. The Morgan fingerprint density at radius 2 is 2.06 bits per heavy atom. The molecule has 0 aliphatic heterocycles. The van der Waals surface area contributed by atoms with Gasteiger partial charge in [0.05, 0.1) is 0 Å². The summed E-state index contributed by atoms with van der Waals surface area (Å²) in [5.74, 6) is 0. The van der Waals surface area contributed by atoms with Crippen LogP contribution < -0.4 is 10.6 Å². The molecule has 3 heteroatoms. The van der Waals surface area contributed by atoms with Crippen LogP contribution in [0, 0.1) is 0 Å². The third-order valence-electron chi connectivity index (χ3n) is 2.86. The molecule has 0 spiro atoms. The van der Waals surface area contributed by atoms with Crippen molar-refractivity contribution in [2.24, 2.45) is 0 Å². The minimum absolute atomic E-state index is 0.560. The van der Waals surface area contributed by atoms with E-state index in [0.29, 0.717) is 6.04 Å². The van der Waals surface area contributed by atoms with E-state index in [1.54, 1.807) is 0 Å². The summed E-state index contributed by atoms with van der Waals surface area (Å²) in [4.78, 5) is 3.24. The van der Waals surface area contributed by atoms with Crippen molar-refractivity contribution < 1.29 is 0 Å². The number of hydrogen-bond acceptors (Lipinski definition) is 2. The molecule has 2 aromatic rings. The Morgan fingerprint density at radius 1 is 1.18 bits per heavy atom. The fraction of sp³-hybridized carbons (Fsp3) is 0.429. The van der Waals surface area contributed by atoms with Crippen LogP contribution in [-0.4, -0.2) is 24.1 Å². The minimum Gasteiger partial charge on any atom is -0.361 e. The van der Waals surface area contributed by atoms with E-state index in [2.05, 4.69) is 53.7 Å². The summed E-state index contributed by atoms with van der Waals surface area (Å²) < 4.78 is 0. The summed E-state index contributed by atoms with van der Waals surface area (Å²) in [7, 11) is 0. The molecular formula is C14H21N3. The van der Waals surface area contributed by atoms with Gasteiger partial charge in [0.25, 0.3) is 0 Å². The average molecular weight is 231 g/mol. The van der Waals surface area contributed by atoms with Gasteiger partial charge in [-0.2, -0.15) is 0 Å². The molecule has 0 aliphatic rings. The first kappa shape index (κ1) is 12.1. The van der Waals surface area contributed by atoms with Gasteiger partial charge in [-0.05, 0) is 17.7 Å². The standard InChI is InChI=1S/C14H21N3/c1-11(2)16-9-8-15-10-12-4-3-5-14-13(12)6-7-17-14/h3-7,11,15-17H,8-10H2,1-2H3. The van der Waals surface area contributed by atoms with Crippen LogP contribution in [0.15, 0.2) is 30.5 Å². The van der Waals surface area contributed by atoms with Crippen LogP contribution in [0.1, 0.15) is 19.4 Å². The van der Waals surface area contributed by atoms with Gasteiger partial charge in [-0.3, -0.25) is 0 Å². The summed E-state index contributed by atoms with van der Waals surface area (Å²) in [5.41, 5.74) is 2.57. The van der Waals surface area contributed by atoms with Gasteiger partial charge in [-0.15, -0.1) is 0 Å². The predicted octanol–water partition coefficient (Wildman–Crippen LogP) is 2.26. The lowest BCUT2D eigenvalue weighted by atomic mass is 10.1. The molecule has 0 saturated heterocycles. The number of aromatic nitrogens is 1. The molecule has 0 unspecified atom stereocenters. The van der Waals surface area contributed by atoms with Crippen molar-refractivity contribution in [3.05, 3.63) is 36.0 Å². The number of benzene rings is 1. The predicted molar refractivity (Wildman–Crippen MR) is 73.1 cm³/mol. The normalized spacial score (nSPS) is 11.5. The number of rotatable bonds is 6. The molecule has 0 bridgehead atoms. The molecular weight excluding hydrogens is 210 g/mol. The van der Waals surface area contributed by atoms with Gasteiger partial charge < -0.3 is 15.6 Å². The SMILES string of the molecule is CC(C)NCCNCc1cccc2[nH]ccc12. The fourth-order valence-electron chi connectivity index (χ4n) is 1.98. The van der Waals surface area contributed by atoms with E-state index in [9.17, 15) is 0 Å². The monoisotopic (exact) mass is 231 g/mol. The van der Waals surface area contributed by atoms with Gasteiger partial charge in [-0.25, -0.2) is 0 Å². The quantitative estimate of drug-likeness (QED) is 0.667. The Labute approximate surface area is 103 Å². The fourth-order valence-corrected chi connectivity index (χ4v) is 1.98. The maximum Gasteiger partial charge on any atom is 0.0457 e. The number of aromatic amines is 1. The molecule has 3 nitrogen and oxygen atoms in total. The lowest BCUT2D eigenvalue weighted by Gasteiger charge is -2.09. The van der Waals surface area contributed by atoms with Gasteiger partial charge in [0.1, 0.15) is 0 Å². The van der Waals surface area contributed by atoms with E-state index in [4.69, 9.17) is 0 Å². The van der Waals surface area contributed by atoms with Gasteiger partial charge >= 0.3 is 0 Å². The second kappa shape index (κ2) is 5.84. The lowest BCUT2D eigenvalue weighted by molar-refractivity contribution is 0.556. The summed E-state index contributed by atoms with van der Waals surface area (Å²) in [6.07, 6.45) is 1.99. The van der Waals surface area contributed by atoms with E-state index < -0.39 is 0 Å². The average Bonchev–Trinajstić information content (AvgIpc) is 2.77. The van der Waals surface area contributed by atoms with E-state index in [1.165, 1.54) is 16.5 Å². The molecule has 2 rings (SSSR count). The molecule has 92 valence electrons. The van der Waals surface area contributed by atoms with E-state index in [0.717, 1.165) is 19.6 Å². The van der Waals surface area contributed by atoms with Crippen molar-refractivity contribution in [2.45, 2.75) is 26.4 Å². The van der Waals surface area contributed by atoms with Crippen LogP contribution in [-0.2, 0) is 6.54 Å². The van der Waals surface area contributed by atoms with Gasteiger partial charge in [0.15, 0.2) is 0 Å². The van der Waals surface area contributed by atoms with Crippen molar-refractivity contribution in [1.29, 1.82) is 0 Å². The Kier molecular flexibility index (Phi) is 4.18. The van der Waals surface area contributed by atoms with Crippen molar-refractivity contribution in [2.75, 3.05) is 13.1 Å². The summed E-state index contributed by atoms with van der Waals surface area (Å²) in [5, 5.41) is 8.17. The molecule has 0 saturated carbocycles. The van der Waals surface area contributed by atoms with E-state index in [-0.39, 0.29) is 0 Å². The molecule has 0 aliphatic carbocycles. The Morgan fingerprint density at radius 3 is 2.88 bits per heavy atom. The Bertz CT molecular complexity index is 459. The molecule has 3 N–H and O–H groups in total. The second-order valence-electron chi connectivity index (χ2n) is 4.64. The zero-order chi connectivity index (χ0) is 12.1. The van der Waals surface area contributed by atoms with Gasteiger partial charge in [0, 0.05) is 42.8 Å². The van der Waals surface area contributed by atoms with Crippen molar-refractivity contribution in [1.82, 2.24) is 15.6 Å². The number of hydrogen-bond donors (Lipinski definition) is 3. The van der Waals surface area contributed by atoms with Crippen LogP contribution in [0.3, 0.4) is 0 Å². The number of nitrogens with one attached hydrogen (secondary N) is 3. The van der Waals surface area contributed by atoms with Crippen LogP contribution >= 0.6 is 0 Å². The van der Waals surface area contributed by atoms with Crippen LogP contribution in [0.5, 0.6) is 0 Å². The first-order valence-corrected chi connectivity index (χ1v) is 6.26. The molecule has 0 amide bonds. The first-order valence-electron chi connectivity index (χ1n) is 6.26. The molecule has 0 radical (unpaired) electrons. The lowest BCUT2D eigenvalue weighted by Crippen LogP contribution is -2.31. The first-order chi connectivity index (χ1) is 8.27. The molecule has 17 heavy (non-hydrogen) atoms. The zero-order valence-corrected chi connectivity index (χ0v) is 10.6. The molecule has 0 fully saturated rings. The topological polar surface area (TPSA) is 39.8 Å². The van der Waals surface area contributed by atoms with E-state index in [1.807, 2.05) is 6.20 Å². The summed E-state index contributed by atoms with van der Waals surface area (Å²) in [6.45, 7) is 7.27. The summed E-state index contributed by atoms with van der Waals surface area (Å²) in [6, 6.07) is 9.09. The van der Waals surface area contributed by atoms with Crippen LogP contribution in [0.25, 0.3) is 10.9 Å². The number of H-pyrrole nitrogens is 1. The van der Waals surface area contributed by atoms with E-state index >= 15 is 0 Å². The second-order valence-corrected chi connectivity index (χ2v) is 4.64.